The highest BCUT2D eigenvalue weighted by molar-refractivity contribution is 5.77. The van der Waals surface area contributed by atoms with Crippen molar-refractivity contribution in [1.29, 1.82) is 0 Å². The fourth-order valence-electron chi connectivity index (χ4n) is 4.03. The van der Waals surface area contributed by atoms with Crippen molar-refractivity contribution >= 4 is 5.91 Å². The second kappa shape index (κ2) is 7.56. The van der Waals surface area contributed by atoms with Crippen LogP contribution in [0.5, 0.6) is 5.75 Å². The van der Waals surface area contributed by atoms with Crippen LogP contribution in [0.15, 0.2) is 24.3 Å². The number of benzene rings is 1. The van der Waals surface area contributed by atoms with Crippen molar-refractivity contribution in [3.05, 3.63) is 29.8 Å². The number of nitrogens with two attached hydrogens (primary N) is 1. The van der Waals surface area contributed by atoms with Crippen LogP contribution in [-0.4, -0.2) is 19.6 Å². The number of methoxy groups -OCH3 is 1. The predicted octanol–water partition coefficient (Wildman–Crippen LogP) is 3.56. The van der Waals surface area contributed by atoms with E-state index in [1.54, 1.807) is 7.11 Å². The topological polar surface area (TPSA) is 64.3 Å². The van der Waals surface area contributed by atoms with E-state index >= 15 is 0 Å². The number of hydrogen-bond donors (Lipinski definition) is 2. The van der Waals surface area contributed by atoms with E-state index in [1.165, 1.54) is 37.7 Å². The normalized spacial score (nSPS) is 21.1. The minimum absolute atomic E-state index is 0.0241. The molecular weight excluding hydrogens is 300 g/mol. The van der Waals surface area contributed by atoms with Gasteiger partial charge in [0.15, 0.2) is 0 Å². The van der Waals surface area contributed by atoms with E-state index in [1.807, 2.05) is 12.1 Å². The fourth-order valence-corrected chi connectivity index (χ4v) is 4.03. The van der Waals surface area contributed by atoms with Crippen LogP contribution >= 0.6 is 0 Å². The maximum atomic E-state index is 12.7. The number of carbonyl (C=O) groups excluding carboxylic acids is 1. The van der Waals surface area contributed by atoms with Crippen molar-refractivity contribution in [3.8, 4) is 5.75 Å². The molecule has 2 aliphatic carbocycles. The van der Waals surface area contributed by atoms with Crippen LogP contribution < -0.4 is 15.8 Å². The monoisotopic (exact) mass is 330 g/mol. The van der Waals surface area contributed by atoms with Gasteiger partial charge in [0.1, 0.15) is 5.75 Å². The minimum atomic E-state index is 0.0241. The molecule has 0 heterocycles. The average molecular weight is 330 g/mol. The van der Waals surface area contributed by atoms with Gasteiger partial charge in [-0.1, -0.05) is 31.4 Å². The minimum Gasteiger partial charge on any atom is -0.497 e. The van der Waals surface area contributed by atoms with E-state index in [2.05, 4.69) is 17.4 Å². The molecule has 2 aliphatic rings. The summed E-state index contributed by atoms with van der Waals surface area (Å²) < 4.78 is 5.23. The van der Waals surface area contributed by atoms with Crippen LogP contribution in [0.3, 0.4) is 0 Å². The molecule has 0 spiro atoms. The fraction of sp³-hybridized carbons (Fsp3) is 0.650. The Morgan fingerprint density at radius 2 is 1.92 bits per heavy atom. The molecule has 132 valence electrons. The van der Waals surface area contributed by atoms with Gasteiger partial charge in [0.2, 0.25) is 5.91 Å². The maximum absolute atomic E-state index is 12.7. The molecule has 0 bridgehead atoms. The van der Waals surface area contributed by atoms with Crippen molar-refractivity contribution in [3.63, 3.8) is 0 Å². The summed E-state index contributed by atoms with van der Waals surface area (Å²) in [7, 11) is 1.67. The number of nitrogens with one attached hydrogen (secondary N) is 1. The summed E-state index contributed by atoms with van der Waals surface area (Å²) in [5.74, 6) is 1.58. The summed E-state index contributed by atoms with van der Waals surface area (Å²) in [4.78, 5) is 12.7. The predicted molar refractivity (Wildman–Crippen MR) is 95.8 cm³/mol. The first-order valence-electron chi connectivity index (χ1n) is 9.29. The van der Waals surface area contributed by atoms with Gasteiger partial charge in [-0.15, -0.1) is 0 Å². The first-order valence-corrected chi connectivity index (χ1v) is 9.29. The number of hydrogen-bond acceptors (Lipinski definition) is 3. The molecule has 0 radical (unpaired) electrons. The lowest BCUT2D eigenvalue weighted by Gasteiger charge is -2.36. The molecule has 4 nitrogen and oxygen atoms in total. The highest BCUT2D eigenvalue weighted by Gasteiger charge is 2.37. The van der Waals surface area contributed by atoms with Gasteiger partial charge in [0.25, 0.3) is 0 Å². The average Bonchev–Trinajstić information content (AvgIpc) is 3.45. The molecule has 2 saturated carbocycles. The molecule has 3 rings (SSSR count). The maximum Gasteiger partial charge on any atom is 0.221 e. The van der Waals surface area contributed by atoms with Crippen LogP contribution in [0.4, 0.5) is 0 Å². The number of rotatable bonds is 7. The molecule has 2 fully saturated rings. The molecule has 0 aliphatic heterocycles. The highest BCUT2D eigenvalue weighted by atomic mass is 16.5. The van der Waals surface area contributed by atoms with Gasteiger partial charge in [-0.3, -0.25) is 4.79 Å². The van der Waals surface area contributed by atoms with Crippen molar-refractivity contribution in [2.45, 2.75) is 57.4 Å². The highest BCUT2D eigenvalue weighted by Crippen LogP contribution is 2.42. The molecule has 1 aromatic carbocycles. The SMILES string of the molecule is COc1ccc(C(NC(=O)CC2(CN)CCCCC2)C2CC2)cc1. The molecule has 1 unspecified atom stereocenters. The number of ether oxygens (including phenoxy) is 1. The first-order chi connectivity index (χ1) is 11.7. The van der Waals surface area contributed by atoms with Gasteiger partial charge in [-0.2, -0.15) is 0 Å². The Bertz CT molecular complexity index is 545. The molecule has 0 saturated heterocycles. The second-order valence-corrected chi connectivity index (χ2v) is 7.60. The van der Waals surface area contributed by atoms with Crippen LogP contribution in [0.1, 0.15) is 63.0 Å². The molecular formula is C20H30N2O2. The Balaban J connectivity index is 1.65. The lowest BCUT2D eigenvalue weighted by molar-refractivity contribution is -0.124. The van der Waals surface area contributed by atoms with Crippen molar-refractivity contribution in [2.24, 2.45) is 17.1 Å². The third-order valence-corrected chi connectivity index (χ3v) is 5.77. The Kier molecular flexibility index (Phi) is 5.44. The van der Waals surface area contributed by atoms with Gasteiger partial charge < -0.3 is 15.8 Å². The third kappa shape index (κ3) is 4.10. The van der Waals surface area contributed by atoms with Crippen LogP contribution in [0.25, 0.3) is 0 Å². The van der Waals surface area contributed by atoms with Gasteiger partial charge in [-0.05, 0) is 61.3 Å². The summed E-state index contributed by atoms with van der Waals surface area (Å²) in [6.07, 6.45) is 8.83. The first kappa shape index (κ1) is 17.3. The molecule has 4 heteroatoms. The van der Waals surface area contributed by atoms with Crippen LogP contribution in [-0.2, 0) is 4.79 Å². The van der Waals surface area contributed by atoms with E-state index < -0.39 is 0 Å². The summed E-state index contributed by atoms with van der Waals surface area (Å²) in [6.45, 7) is 0.622. The van der Waals surface area contributed by atoms with E-state index in [9.17, 15) is 4.79 Å². The molecule has 1 atom stereocenters. The zero-order valence-corrected chi connectivity index (χ0v) is 14.7. The zero-order chi connectivity index (χ0) is 17.0. The van der Waals surface area contributed by atoms with E-state index in [0.717, 1.165) is 18.6 Å². The second-order valence-electron chi connectivity index (χ2n) is 7.60. The van der Waals surface area contributed by atoms with Crippen LogP contribution in [0, 0.1) is 11.3 Å². The smallest absolute Gasteiger partial charge is 0.221 e. The van der Waals surface area contributed by atoms with E-state index in [4.69, 9.17) is 10.5 Å². The van der Waals surface area contributed by atoms with Gasteiger partial charge in [0.05, 0.1) is 13.2 Å². The summed E-state index contributed by atoms with van der Waals surface area (Å²) in [5.41, 5.74) is 7.24. The largest absolute Gasteiger partial charge is 0.497 e. The Morgan fingerprint density at radius 1 is 1.25 bits per heavy atom. The van der Waals surface area contributed by atoms with Gasteiger partial charge in [0, 0.05) is 6.42 Å². The van der Waals surface area contributed by atoms with Crippen molar-refractivity contribution in [2.75, 3.05) is 13.7 Å². The Hall–Kier alpha value is -1.55. The summed E-state index contributed by atoms with van der Waals surface area (Å²) in [6, 6.07) is 8.21. The molecule has 3 N–H and O–H groups in total. The Morgan fingerprint density at radius 3 is 2.46 bits per heavy atom. The third-order valence-electron chi connectivity index (χ3n) is 5.77. The lowest BCUT2D eigenvalue weighted by atomic mass is 9.71. The van der Waals surface area contributed by atoms with E-state index in [-0.39, 0.29) is 17.4 Å². The summed E-state index contributed by atoms with van der Waals surface area (Å²) in [5, 5.41) is 3.30. The van der Waals surface area contributed by atoms with Crippen molar-refractivity contribution < 1.29 is 9.53 Å². The quantitative estimate of drug-likeness (QED) is 0.803. The zero-order valence-electron chi connectivity index (χ0n) is 14.7. The molecule has 24 heavy (non-hydrogen) atoms. The van der Waals surface area contributed by atoms with Crippen molar-refractivity contribution in [1.82, 2.24) is 5.32 Å². The number of amides is 1. The Labute approximate surface area is 145 Å². The van der Waals surface area contributed by atoms with E-state index in [0.29, 0.717) is 18.9 Å². The lowest BCUT2D eigenvalue weighted by Crippen LogP contribution is -2.40. The molecule has 1 amide bonds. The molecule has 0 aromatic heterocycles. The summed E-state index contributed by atoms with van der Waals surface area (Å²) >= 11 is 0. The van der Waals surface area contributed by atoms with Gasteiger partial charge >= 0.3 is 0 Å². The van der Waals surface area contributed by atoms with Gasteiger partial charge in [-0.25, -0.2) is 0 Å². The number of carbonyl (C=O) groups is 1. The standard InChI is InChI=1S/C20H30N2O2/c1-24-17-9-7-16(8-10-17)19(15-5-6-15)22-18(23)13-20(14-21)11-3-2-4-12-20/h7-10,15,19H,2-6,11-14,21H2,1H3,(H,22,23). The van der Waals surface area contributed by atoms with Crippen LogP contribution in [0.2, 0.25) is 0 Å². The molecule has 1 aromatic rings.